The van der Waals surface area contributed by atoms with E-state index in [4.69, 9.17) is 4.84 Å². The van der Waals surface area contributed by atoms with E-state index in [0.717, 1.165) is 26.1 Å². The number of likely N-dealkylation sites (tertiary alicyclic amines) is 1. The van der Waals surface area contributed by atoms with Gasteiger partial charge in [0.1, 0.15) is 0 Å². The van der Waals surface area contributed by atoms with Crippen molar-refractivity contribution in [1.82, 2.24) is 10.4 Å². The second-order valence-corrected chi connectivity index (χ2v) is 5.60. The number of hydrogen-bond donors (Lipinski definition) is 1. The fourth-order valence-electron chi connectivity index (χ4n) is 2.73. The molecule has 3 nitrogen and oxygen atoms in total. The Morgan fingerprint density at radius 3 is 2.33 bits per heavy atom. The predicted octanol–water partition coefficient (Wildman–Crippen LogP) is 2.98. The van der Waals surface area contributed by atoms with E-state index in [1.54, 1.807) is 0 Å². The lowest BCUT2D eigenvalue weighted by Gasteiger charge is -2.16. The van der Waals surface area contributed by atoms with E-state index < -0.39 is 0 Å². The molecule has 21 heavy (non-hydrogen) atoms. The number of nitrogens with one attached hydrogen (secondary N) is 1. The van der Waals surface area contributed by atoms with Crippen LogP contribution < -0.4 is 5.48 Å². The van der Waals surface area contributed by atoms with Gasteiger partial charge in [-0.3, -0.25) is 9.74 Å². The van der Waals surface area contributed by atoms with Crippen molar-refractivity contribution in [2.45, 2.75) is 25.6 Å². The van der Waals surface area contributed by atoms with Gasteiger partial charge in [0.25, 0.3) is 0 Å². The highest BCUT2D eigenvalue weighted by Crippen LogP contribution is 2.13. The van der Waals surface area contributed by atoms with Crippen molar-refractivity contribution in [3.05, 3.63) is 71.8 Å². The molecule has 0 bridgehead atoms. The maximum Gasteiger partial charge on any atom is 0.0933 e. The summed E-state index contributed by atoms with van der Waals surface area (Å²) in [6.45, 7) is 3.82. The summed E-state index contributed by atoms with van der Waals surface area (Å²) in [5.74, 6) is 0. The van der Waals surface area contributed by atoms with Crippen molar-refractivity contribution in [3.8, 4) is 0 Å². The lowest BCUT2D eigenvalue weighted by molar-refractivity contribution is 0.00557. The molecule has 0 radical (unpaired) electrons. The van der Waals surface area contributed by atoms with Gasteiger partial charge in [-0.2, -0.15) is 5.48 Å². The zero-order chi connectivity index (χ0) is 14.3. The fraction of sp³-hybridized carbons (Fsp3) is 0.333. The maximum absolute atomic E-state index is 5.63. The maximum atomic E-state index is 5.63. The Kier molecular flexibility index (Phi) is 5.00. The molecule has 0 spiro atoms. The van der Waals surface area contributed by atoms with Gasteiger partial charge in [-0.1, -0.05) is 60.7 Å². The Morgan fingerprint density at radius 1 is 0.952 bits per heavy atom. The molecule has 1 atom stereocenters. The number of nitrogens with zero attached hydrogens (tertiary/aromatic N) is 1. The molecule has 2 aromatic carbocycles. The van der Waals surface area contributed by atoms with Crippen molar-refractivity contribution < 1.29 is 4.84 Å². The van der Waals surface area contributed by atoms with Crippen LogP contribution in [0.2, 0.25) is 0 Å². The van der Waals surface area contributed by atoms with Crippen molar-refractivity contribution in [1.29, 1.82) is 0 Å². The van der Waals surface area contributed by atoms with E-state index in [1.807, 2.05) is 18.2 Å². The Hall–Kier alpha value is -1.68. The molecule has 1 saturated heterocycles. The number of benzene rings is 2. The molecule has 0 aliphatic carbocycles. The third kappa shape index (κ3) is 4.39. The van der Waals surface area contributed by atoms with Crippen molar-refractivity contribution in [3.63, 3.8) is 0 Å². The van der Waals surface area contributed by atoms with Crippen LogP contribution in [0.3, 0.4) is 0 Å². The van der Waals surface area contributed by atoms with E-state index in [0.29, 0.717) is 12.6 Å². The molecule has 1 N–H and O–H groups in total. The summed E-state index contributed by atoms with van der Waals surface area (Å²) < 4.78 is 0. The summed E-state index contributed by atoms with van der Waals surface area (Å²) >= 11 is 0. The first-order chi connectivity index (χ1) is 10.4. The zero-order valence-corrected chi connectivity index (χ0v) is 12.2. The van der Waals surface area contributed by atoms with Gasteiger partial charge < -0.3 is 0 Å². The molecule has 0 amide bonds. The molecule has 1 heterocycles. The summed E-state index contributed by atoms with van der Waals surface area (Å²) in [5.41, 5.74) is 5.78. The molecule has 0 aromatic heterocycles. The van der Waals surface area contributed by atoms with Crippen LogP contribution in [-0.2, 0) is 18.0 Å². The Bertz CT molecular complexity index is 529. The van der Waals surface area contributed by atoms with Crippen LogP contribution in [0.5, 0.6) is 0 Å². The van der Waals surface area contributed by atoms with Gasteiger partial charge in [0, 0.05) is 25.7 Å². The average molecular weight is 282 g/mol. The summed E-state index contributed by atoms with van der Waals surface area (Å²) in [6.07, 6.45) is 1.14. The first-order valence-electron chi connectivity index (χ1n) is 7.58. The molecule has 3 heteroatoms. The summed E-state index contributed by atoms with van der Waals surface area (Å²) in [6, 6.07) is 21.3. The molecule has 1 aliphatic heterocycles. The van der Waals surface area contributed by atoms with E-state index >= 15 is 0 Å². The normalized spacial score (nSPS) is 19.0. The van der Waals surface area contributed by atoms with Gasteiger partial charge in [-0.05, 0) is 17.5 Å². The lowest BCUT2D eigenvalue weighted by atomic mass is 10.2. The van der Waals surface area contributed by atoms with Gasteiger partial charge in [0.2, 0.25) is 0 Å². The monoisotopic (exact) mass is 282 g/mol. The smallest absolute Gasteiger partial charge is 0.0933 e. The minimum Gasteiger partial charge on any atom is -0.297 e. The van der Waals surface area contributed by atoms with Crippen molar-refractivity contribution >= 4 is 0 Å². The first-order valence-corrected chi connectivity index (χ1v) is 7.58. The third-order valence-corrected chi connectivity index (χ3v) is 3.85. The molecular weight excluding hydrogens is 260 g/mol. The Balaban J connectivity index is 1.39. The zero-order valence-electron chi connectivity index (χ0n) is 12.2. The minimum atomic E-state index is 0.428. The van der Waals surface area contributed by atoms with E-state index in [2.05, 4.69) is 52.8 Å². The Labute approximate surface area is 126 Å². The second kappa shape index (κ2) is 7.36. The quantitative estimate of drug-likeness (QED) is 0.824. The minimum absolute atomic E-state index is 0.428. The van der Waals surface area contributed by atoms with Crippen molar-refractivity contribution in [2.24, 2.45) is 0 Å². The molecule has 1 unspecified atom stereocenters. The van der Waals surface area contributed by atoms with Crippen LogP contribution in [0, 0.1) is 0 Å². The fourth-order valence-corrected chi connectivity index (χ4v) is 2.73. The van der Waals surface area contributed by atoms with Crippen LogP contribution in [-0.4, -0.2) is 24.0 Å². The van der Waals surface area contributed by atoms with Crippen LogP contribution in [0.4, 0.5) is 0 Å². The first kappa shape index (κ1) is 14.3. The molecule has 1 aliphatic rings. The van der Waals surface area contributed by atoms with Crippen LogP contribution in [0.1, 0.15) is 17.5 Å². The van der Waals surface area contributed by atoms with E-state index in [9.17, 15) is 0 Å². The summed E-state index contributed by atoms with van der Waals surface area (Å²) in [5, 5.41) is 0. The van der Waals surface area contributed by atoms with Gasteiger partial charge in [-0.15, -0.1) is 0 Å². The molecule has 2 aromatic rings. The van der Waals surface area contributed by atoms with Crippen LogP contribution in [0.25, 0.3) is 0 Å². The molecule has 1 fully saturated rings. The highest BCUT2D eigenvalue weighted by Gasteiger charge is 2.22. The SMILES string of the molecule is c1ccc(CONC2CCN(Cc3ccccc3)C2)cc1. The largest absolute Gasteiger partial charge is 0.297 e. The topological polar surface area (TPSA) is 24.5 Å². The molecular formula is C18H22N2O. The van der Waals surface area contributed by atoms with Gasteiger partial charge >= 0.3 is 0 Å². The lowest BCUT2D eigenvalue weighted by Crippen LogP contribution is -2.32. The highest BCUT2D eigenvalue weighted by atomic mass is 16.6. The number of rotatable bonds is 6. The standard InChI is InChI=1S/C18H22N2O/c1-3-7-16(8-4-1)13-20-12-11-18(14-20)19-21-15-17-9-5-2-6-10-17/h1-10,18-19H,11-15H2. The number of hydrogen-bond acceptors (Lipinski definition) is 3. The third-order valence-electron chi connectivity index (χ3n) is 3.85. The van der Waals surface area contributed by atoms with E-state index in [-0.39, 0.29) is 0 Å². The molecule has 3 rings (SSSR count). The molecule has 110 valence electrons. The second-order valence-electron chi connectivity index (χ2n) is 5.60. The summed E-state index contributed by atoms with van der Waals surface area (Å²) in [7, 11) is 0. The van der Waals surface area contributed by atoms with Crippen LogP contribution >= 0.6 is 0 Å². The Morgan fingerprint density at radius 2 is 1.62 bits per heavy atom. The van der Waals surface area contributed by atoms with Gasteiger partial charge in [0.05, 0.1) is 6.61 Å². The van der Waals surface area contributed by atoms with E-state index in [1.165, 1.54) is 11.1 Å². The average Bonchev–Trinajstić information content (AvgIpc) is 2.97. The molecule has 0 saturated carbocycles. The van der Waals surface area contributed by atoms with Crippen molar-refractivity contribution in [2.75, 3.05) is 13.1 Å². The summed E-state index contributed by atoms with van der Waals surface area (Å²) in [4.78, 5) is 8.10. The van der Waals surface area contributed by atoms with Gasteiger partial charge in [-0.25, -0.2) is 0 Å². The van der Waals surface area contributed by atoms with Crippen LogP contribution in [0.15, 0.2) is 60.7 Å². The van der Waals surface area contributed by atoms with Gasteiger partial charge in [0.15, 0.2) is 0 Å². The highest BCUT2D eigenvalue weighted by molar-refractivity contribution is 5.15. The number of hydroxylamine groups is 1. The predicted molar refractivity (Wildman–Crippen MR) is 84.5 cm³/mol.